The molecular formula is C17H22N2O5. The minimum absolute atomic E-state index is 0.210. The van der Waals surface area contributed by atoms with E-state index in [4.69, 9.17) is 14.7 Å². The molecule has 2 fully saturated rings. The second-order valence-corrected chi connectivity index (χ2v) is 6.24. The van der Waals surface area contributed by atoms with Crippen LogP contribution in [0.1, 0.15) is 31.7 Å². The molecule has 0 aromatic heterocycles. The summed E-state index contributed by atoms with van der Waals surface area (Å²) in [7, 11) is 0. The predicted molar refractivity (Wildman–Crippen MR) is 84.8 cm³/mol. The third kappa shape index (κ3) is 3.22. The second-order valence-electron chi connectivity index (χ2n) is 6.24. The average molecular weight is 334 g/mol. The van der Waals surface area contributed by atoms with Crippen molar-refractivity contribution in [2.45, 2.75) is 44.6 Å². The van der Waals surface area contributed by atoms with E-state index in [2.05, 4.69) is 0 Å². The molecule has 1 unspecified atom stereocenters. The highest BCUT2D eigenvalue weighted by Crippen LogP contribution is 2.40. The fourth-order valence-electron chi connectivity index (χ4n) is 3.25. The van der Waals surface area contributed by atoms with Crippen molar-refractivity contribution in [1.82, 2.24) is 9.96 Å². The highest BCUT2D eigenvalue weighted by molar-refractivity contribution is 5.72. The zero-order valence-electron chi connectivity index (χ0n) is 13.7. The quantitative estimate of drug-likeness (QED) is 0.909. The highest BCUT2D eigenvalue weighted by atomic mass is 16.7. The molecular weight excluding hydrogens is 312 g/mol. The Kier molecular flexibility index (Phi) is 4.73. The summed E-state index contributed by atoms with van der Waals surface area (Å²) in [4.78, 5) is 31.1. The van der Waals surface area contributed by atoms with Gasteiger partial charge >= 0.3 is 12.1 Å². The first kappa shape index (κ1) is 16.7. The van der Waals surface area contributed by atoms with Gasteiger partial charge in [0.05, 0.1) is 0 Å². The maximum atomic E-state index is 12.5. The number of hydrogen-bond acceptors (Lipinski definition) is 5. The molecule has 7 nitrogen and oxygen atoms in total. The third-order valence-corrected chi connectivity index (χ3v) is 4.67. The molecule has 130 valence electrons. The minimum Gasteiger partial charge on any atom is -0.480 e. The molecule has 0 saturated carbocycles. The lowest BCUT2D eigenvalue weighted by Gasteiger charge is -2.34. The van der Waals surface area contributed by atoms with E-state index in [-0.39, 0.29) is 6.61 Å². The van der Waals surface area contributed by atoms with Crippen LogP contribution in [-0.4, -0.2) is 52.0 Å². The normalized spacial score (nSPS) is 25.1. The van der Waals surface area contributed by atoms with Gasteiger partial charge in [0.15, 0.2) is 5.72 Å². The summed E-state index contributed by atoms with van der Waals surface area (Å²) in [5, 5.41) is 10.6. The van der Waals surface area contributed by atoms with Gasteiger partial charge in [0.1, 0.15) is 12.6 Å². The van der Waals surface area contributed by atoms with E-state index in [1.54, 1.807) is 11.8 Å². The van der Waals surface area contributed by atoms with Crippen molar-refractivity contribution < 1.29 is 24.3 Å². The average Bonchev–Trinajstić information content (AvgIpc) is 3.20. The van der Waals surface area contributed by atoms with Crippen molar-refractivity contribution in [3.63, 3.8) is 0 Å². The summed E-state index contributed by atoms with van der Waals surface area (Å²) in [6.07, 6.45) is 1.68. The zero-order chi connectivity index (χ0) is 17.2. The van der Waals surface area contributed by atoms with Crippen molar-refractivity contribution in [3.05, 3.63) is 35.9 Å². The minimum atomic E-state index is -0.941. The van der Waals surface area contributed by atoms with Gasteiger partial charge in [-0.3, -0.25) is 14.5 Å². The highest BCUT2D eigenvalue weighted by Gasteiger charge is 2.52. The van der Waals surface area contributed by atoms with Crippen LogP contribution in [0.15, 0.2) is 30.3 Å². The Bertz CT molecular complexity index is 608. The second kappa shape index (κ2) is 6.78. The number of hydroxylamine groups is 2. The summed E-state index contributed by atoms with van der Waals surface area (Å²) >= 11 is 0. The smallest absolute Gasteiger partial charge is 0.412 e. The Labute approximate surface area is 140 Å². The Balaban J connectivity index is 1.63. The number of carbonyl (C=O) groups excluding carboxylic acids is 1. The van der Waals surface area contributed by atoms with Crippen LogP contribution in [0.3, 0.4) is 0 Å². The molecule has 2 aliphatic rings. The Morgan fingerprint density at radius 1 is 1.29 bits per heavy atom. The lowest BCUT2D eigenvalue weighted by Crippen LogP contribution is -2.49. The third-order valence-electron chi connectivity index (χ3n) is 4.67. The molecule has 0 radical (unpaired) electrons. The van der Waals surface area contributed by atoms with Crippen LogP contribution < -0.4 is 0 Å². The van der Waals surface area contributed by atoms with Crippen molar-refractivity contribution in [1.29, 1.82) is 0 Å². The number of carboxylic acid groups (broad SMARTS) is 1. The van der Waals surface area contributed by atoms with Crippen LogP contribution in [0.25, 0.3) is 0 Å². The Morgan fingerprint density at radius 2 is 2.04 bits per heavy atom. The van der Waals surface area contributed by atoms with Crippen LogP contribution in [0.5, 0.6) is 0 Å². The number of ether oxygens (including phenoxy) is 1. The number of aliphatic carboxylic acids is 1. The monoisotopic (exact) mass is 334 g/mol. The molecule has 3 rings (SSSR count). The molecule has 2 saturated heterocycles. The van der Waals surface area contributed by atoms with Crippen molar-refractivity contribution >= 4 is 12.1 Å². The van der Waals surface area contributed by atoms with Gasteiger partial charge in [-0.15, -0.1) is 0 Å². The molecule has 0 bridgehead atoms. The van der Waals surface area contributed by atoms with Gasteiger partial charge in [-0.1, -0.05) is 30.3 Å². The molecule has 2 heterocycles. The van der Waals surface area contributed by atoms with E-state index in [9.17, 15) is 9.59 Å². The predicted octanol–water partition coefficient (Wildman–Crippen LogP) is 2.23. The first-order chi connectivity index (χ1) is 11.5. The fraction of sp³-hybridized carbons (Fsp3) is 0.529. The SMILES string of the molecule is CC(C(=O)O)N1CC[C@]2(CCCN2C(=O)OCc2ccccc2)O1. The first-order valence-electron chi connectivity index (χ1n) is 8.19. The summed E-state index contributed by atoms with van der Waals surface area (Å²) in [5.41, 5.74) is 0.157. The maximum Gasteiger partial charge on any atom is 0.412 e. The number of nitrogens with zero attached hydrogens (tertiary/aromatic N) is 2. The first-order valence-corrected chi connectivity index (χ1v) is 8.19. The standard InChI is InChI=1S/C17H22N2O5/c1-13(15(20)21)19-11-9-17(24-19)8-5-10-18(17)16(22)23-12-14-6-3-2-4-7-14/h2-4,6-7,13H,5,8-12H2,1H3,(H,20,21)/t13?,17-/m0/s1. The van der Waals surface area contributed by atoms with Gasteiger partial charge < -0.3 is 9.84 Å². The lowest BCUT2D eigenvalue weighted by molar-refractivity contribution is -0.246. The van der Waals surface area contributed by atoms with Crippen LogP contribution in [-0.2, 0) is 21.0 Å². The molecule has 0 aliphatic carbocycles. The number of amides is 1. The van der Waals surface area contributed by atoms with Crippen LogP contribution >= 0.6 is 0 Å². The summed E-state index contributed by atoms with van der Waals surface area (Å²) in [6.45, 7) is 2.83. The molecule has 2 aliphatic heterocycles. The summed E-state index contributed by atoms with van der Waals surface area (Å²) in [6, 6.07) is 8.75. The summed E-state index contributed by atoms with van der Waals surface area (Å²) < 4.78 is 5.41. The molecule has 1 spiro atoms. The van der Waals surface area contributed by atoms with Gasteiger partial charge in [-0.2, -0.15) is 5.06 Å². The van der Waals surface area contributed by atoms with E-state index in [1.165, 1.54) is 5.06 Å². The number of rotatable bonds is 4. The van der Waals surface area contributed by atoms with Gasteiger partial charge in [-0.25, -0.2) is 4.79 Å². The van der Waals surface area contributed by atoms with E-state index < -0.39 is 23.8 Å². The topological polar surface area (TPSA) is 79.3 Å². The molecule has 1 N–H and O–H groups in total. The van der Waals surface area contributed by atoms with Gasteiger partial charge in [0.2, 0.25) is 0 Å². The van der Waals surface area contributed by atoms with E-state index in [0.717, 1.165) is 12.0 Å². The van der Waals surface area contributed by atoms with E-state index in [1.807, 2.05) is 30.3 Å². The molecule has 2 atom stereocenters. The van der Waals surface area contributed by atoms with Crippen LogP contribution in [0.2, 0.25) is 0 Å². The molecule has 24 heavy (non-hydrogen) atoms. The van der Waals surface area contributed by atoms with Crippen LogP contribution in [0.4, 0.5) is 4.79 Å². The van der Waals surface area contributed by atoms with Crippen molar-refractivity contribution in [2.24, 2.45) is 0 Å². The largest absolute Gasteiger partial charge is 0.480 e. The number of benzene rings is 1. The number of carbonyl (C=O) groups is 2. The van der Waals surface area contributed by atoms with E-state index in [0.29, 0.717) is 25.9 Å². The van der Waals surface area contributed by atoms with Crippen LogP contribution in [0, 0.1) is 0 Å². The molecule has 1 aromatic carbocycles. The van der Waals surface area contributed by atoms with Crippen molar-refractivity contribution in [3.8, 4) is 0 Å². The molecule has 7 heteroatoms. The van der Waals surface area contributed by atoms with Gasteiger partial charge in [0, 0.05) is 19.5 Å². The number of hydrogen-bond donors (Lipinski definition) is 1. The fourth-order valence-corrected chi connectivity index (χ4v) is 3.25. The lowest BCUT2D eigenvalue weighted by atomic mass is 10.1. The Hall–Kier alpha value is -2.12. The van der Waals surface area contributed by atoms with Gasteiger partial charge in [-0.05, 0) is 25.3 Å². The number of likely N-dealkylation sites (tertiary alicyclic amines) is 1. The van der Waals surface area contributed by atoms with Crippen molar-refractivity contribution in [2.75, 3.05) is 13.1 Å². The number of carboxylic acids is 1. The Morgan fingerprint density at radius 3 is 2.75 bits per heavy atom. The molecule has 1 amide bonds. The zero-order valence-corrected chi connectivity index (χ0v) is 13.7. The van der Waals surface area contributed by atoms with Gasteiger partial charge in [0.25, 0.3) is 0 Å². The molecule has 1 aromatic rings. The maximum absolute atomic E-state index is 12.5. The summed E-state index contributed by atoms with van der Waals surface area (Å²) in [5.74, 6) is -0.941. The van der Waals surface area contributed by atoms with E-state index >= 15 is 0 Å².